The van der Waals surface area contributed by atoms with Gasteiger partial charge in [0, 0.05) is 30.8 Å². The van der Waals surface area contributed by atoms with Gasteiger partial charge in [0.1, 0.15) is 5.54 Å². The van der Waals surface area contributed by atoms with Gasteiger partial charge >= 0.3 is 5.97 Å². The highest BCUT2D eigenvalue weighted by molar-refractivity contribution is 6.30. The number of hydrogen-bond acceptors (Lipinski definition) is 4. The molecule has 0 bridgehead atoms. The van der Waals surface area contributed by atoms with Gasteiger partial charge < -0.3 is 14.8 Å². The lowest BCUT2D eigenvalue weighted by Crippen LogP contribution is -2.45. The zero-order valence-corrected chi connectivity index (χ0v) is 12.3. The molecule has 0 aliphatic rings. The molecule has 0 saturated carbocycles. The molecule has 0 saturated heterocycles. The zero-order valence-electron chi connectivity index (χ0n) is 11.5. The van der Waals surface area contributed by atoms with Crippen LogP contribution in [-0.2, 0) is 14.3 Å². The Balaban J connectivity index is 2.87. The first-order valence-corrected chi connectivity index (χ1v) is 6.59. The summed E-state index contributed by atoms with van der Waals surface area (Å²) < 4.78 is 10.2. The van der Waals surface area contributed by atoms with Gasteiger partial charge in [-0.3, -0.25) is 0 Å². The minimum absolute atomic E-state index is 0.299. The van der Waals surface area contributed by atoms with Crippen molar-refractivity contribution >= 4 is 23.3 Å². The Morgan fingerprint density at radius 1 is 1.47 bits per heavy atom. The predicted octanol–water partition coefficient (Wildman–Crippen LogP) is 3.11. The number of nitrogens with one attached hydrogen (secondary N) is 1. The Labute approximate surface area is 119 Å². The van der Waals surface area contributed by atoms with E-state index in [9.17, 15) is 4.79 Å². The van der Waals surface area contributed by atoms with Gasteiger partial charge in [0.25, 0.3) is 0 Å². The number of methoxy groups -OCH3 is 1. The average molecular weight is 286 g/mol. The number of ether oxygens (including phenoxy) is 2. The van der Waals surface area contributed by atoms with E-state index < -0.39 is 5.54 Å². The second-order valence-electron chi connectivity index (χ2n) is 4.43. The Bertz CT molecular complexity index is 425. The first-order chi connectivity index (χ1) is 9.01. The molecule has 0 amide bonds. The molecule has 0 radical (unpaired) electrons. The first kappa shape index (κ1) is 15.8. The number of esters is 1. The molecule has 0 aromatic heterocycles. The smallest absolute Gasteiger partial charge is 0.331 e. The Hall–Kier alpha value is -1.26. The van der Waals surface area contributed by atoms with Gasteiger partial charge in [-0.2, -0.15) is 0 Å². The number of anilines is 1. The summed E-state index contributed by atoms with van der Waals surface area (Å²) >= 11 is 5.94. The van der Waals surface area contributed by atoms with E-state index in [0.29, 0.717) is 24.7 Å². The minimum Gasteiger partial charge on any atom is -0.464 e. The molecule has 1 unspecified atom stereocenters. The van der Waals surface area contributed by atoms with Gasteiger partial charge in [0.05, 0.1) is 6.61 Å². The van der Waals surface area contributed by atoms with Crippen LogP contribution < -0.4 is 5.32 Å². The molecule has 19 heavy (non-hydrogen) atoms. The molecule has 4 nitrogen and oxygen atoms in total. The summed E-state index contributed by atoms with van der Waals surface area (Å²) in [4.78, 5) is 12.1. The van der Waals surface area contributed by atoms with Crippen LogP contribution in [0.4, 0.5) is 5.69 Å². The lowest BCUT2D eigenvalue weighted by atomic mass is 9.97. The summed E-state index contributed by atoms with van der Waals surface area (Å²) in [5.41, 5.74) is -0.0596. The maximum absolute atomic E-state index is 12.1. The fourth-order valence-electron chi connectivity index (χ4n) is 1.70. The maximum atomic E-state index is 12.1. The van der Waals surface area contributed by atoms with Gasteiger partial charge in [0.15, 0.2) is 0 Å². The quantitative estimate of drug-likeness (QED) is 0.782. The number of carbonyl (C=O) groups excluding carboxylic acids is 1. The fraction of sp³-hybridized carbons (Fsp3) is 0.500. The lowest BCUT2D eigenvalue weighted by Gasteiger charge is -2.29. The number of hydrogen-bond donors (Lipinski definition) is 1. The van der Waals surface area contributed by atoms with Gasteiger partial charge in [-0.1, -0.05) is 17.7 Å². The van der Waals surface area contributed by atoms with Gasteiger partial charge in [0.2, 0.25) is 0 Å². The number of benzene rings is 1. The molecule has 0 fully saturated rings. The highest BCUT2D eigenvalue weighted by Crippen LogP contribution is 2.23. The van der Waals surface area contributed by atoms with E-state index in [4.69, 9.17) is 21.1 Å². The molecule has 1 aromatic carbocycles. The van der Waals surface area contributed by atoms with Crippen LogP contribution in [0.15, 0.2) is 24.3 Å². The SMILES string of the molecule is CCOC(=O)C(C)(CCOC)Nc1cccc(Cl)c1. The topological polar surface area (TPSA) is 47.6 Å². The molecule has 0 aliphatic carbocycles. The van der Waals surface area contributed by atoms with Crippen LogP contribution in [0, 0.1) is 0 Å². The molecule has 1 aromatic rings. The van der Waals surface area contributed by atoms with E-state index in [1.54, 1.807) is 33.1 Å². The molecule has 1 atom stereocenters. The summed E-state index contributed by atoms with van der Waals surface area (Å²) in [6.07, 6.45) is 0.509. The summed E-state index contributed by atoms with van der Waals surface area (Å²) in [6, 6.07) is 7.23. The normalized spacial score (nSPS) is 13.7. The number of rotatable bonds is 7. The van der Waals surface area contributed by atoms with E-state index in [1.165, 1.54) is 0 Å². The van der Waals surface area contributed by atoms with E-state index >= 15 is 0 Å². The lowest BCUT2D eigenvalue weighted by molar-refractivity contribution is -0.148. The van der Waals surface area contributed by atoms with Crippen molar-refractivity contribution in [1.82, 2.24) is 0 Å². The van der Waals surface area contributed by atoms with Crippen LogP contribution in [0.3, 0.4) is 0 Å². The Morgan fingerprint density at radius 2 is 2.21 bits per heavy atom. The van der Waals surface area contributed by atoms with Crippen molar-refractivity contribution in [2.75, 3.05) is 25.6 Å². The standard InChI is InChI=1S/C14H20ClNO3/c1-4-19-13(17)14(2,8-9-18-3)16-12-7-5-6-11(15)10-12/h5-7,10,16H,4,8-9H2,1-3H3. The van der Waals surface area contributed by atoms with Crippen LogP contribution in [0.25, 0.3) is 0 Å². The molecular weight excluding hydrogens is 266 g/mol. The van der Waals surface area contributed by atoms with E-state index in [-0.39, 0.29) is 5.97 Å². The molecule has 106 valence electrons. The Morgan fingerprint density at radius 3 is 2.79 bits per heavy atom. The van der Waals surface area contributed by atoms with E-state index in [0.717, 1.165) is 5.69 Å². The third-order valence-corrected chi connectivity index (χ3v) is 3.01. The number of halogens is 1. The third-order valence-electron chi connectivity index (χ3n) is 2.78. The third kappa shape index (κ3) is 4.73. The summed E-state index contributed by atoms with van der Waals surface area (Å²) in [6.45, 7) is 4.39. The van der Waals surface area contributed by atoms with Crippen LogP contribution in [0.5, 0.6) is 0 Å². The molecule has 0 heterocycles. The van der Waals surface area contributed by atoms with Gasteiger partial charge in [-0.25, -0.2) is 4.79 Å². The van der Waals surface area contributed by atoms with E-state index in [1.807, 2.05) is 12.1 Å². The second-order valence-corrected chi connectivity index (χ2v) is 4.87. The molecular formula is C14H20ClNO3. The summed E-state index contributed by atoms with van der Waals surface area (Å²) in [5, 5.41) is 3.79. The number of carbonyl (C=O) groups is 1. The molecule has 5 heteroatoms. The van der Waals surface area contributed by atoms with Gasteiger partial charge in [-0.05, 0) is 32.0 Å². The van der Waals surface area contributed by atoms with Gasteiger partial charge in [-0.15, -0.1) is 0 Å². The maximum Gasteiger partial charge on any atom is 0.331 e. The van der Waals surface area contributed by atoms with Crippen LogP contribution >= 0.6 is 11.6 Å². The average Bonchev–Trinajstić information content (AvgIpc) is 2.36. The predicted molar refractivity (Wildman–Crippen MR) is 76.6 cm³/mol. The van der Waals surface area contributed by atoms with Crippen LogP contribution in [0.1, 0.15) is 20.3 Å². The van der Waals surface area contributed by atoms with E-state index in [2.05, 4.69) is 5.32 Å². The molecule has 0 aliphatic heterocycles. The molecule has 1 rings (SSSR count). The minimum atomic E-state index is -0.837. The van der Waals surface area contributed by atoms with Crippen molar-refractivity contribution in [2.24, 2.45) is 0 Å². The van der Waals surface area contributed by atoms with Crippen LogP contribution in [0.2, 0.25) is 5.02 Å². The molecule has 1 N–H and O–H groups in total. The molecule has 0 spiro atoms. The van der Waals surface area contributed by atoms with Crippen molar-refractivity contribution in [3.05, 3.63) is 29.3 Å². The van der Waals surface area contributed by atoms with Crippen molar-refractivity contribution in [3.63, 3.8) is 0 Å². The zero-order chi connectivity index (χ0) is 14.3. The highest BCUT2D eigenvalue weighted by atomic mass is 35.5. The van der Waals surface area contributed by atoms with Crippen molar-refractivity contribution in [1.29, 1.82) is 0 Å². The summed E-state index contributed by atoms with van der Waals surface area (Å²) in [5.74, 6) is -0.299. The van der Waals surface area contributed by atoms with Crippen molar-refractivity contribution < 1.29 is 14.3 Å². The second kappa shape index (κ2) is 7.36. The van der Waals surface area contributed by atoms with Crippen molar-refractivity contribution in [2.45, 2.75) is 25.8 Å². The first-order valence-electron chi connectivity index (χ1n) is 6.21. The Kier molecular flexibility index (Phi) is 6.12. The monoisotopic (exact) mass is 285 g/mol. The van der Waals surface area contributed by atoms with Crippen molar-refractivity contribution in [3.8, 4) is 0 Å². The fourth-order valence-corrected chi connectivity index (χ4v) is 1.89. The van der Waals surface area contributed by atoms with Crippen LogP contribution in [-0.4, -0.2) is 31.8 Å². The largest absolute Gasteiger partial charge is 0.464 e. The summed E-state index contributed by atoms with van der Waals surface area (Å²) in [7, 11) is 1.60. The highest BCUT2D eigenvalue weighted by Gasteiger charge is 2.34.